The Morgan fingerprint density at radius 3 is 2.24 bits per heavy atom. The Labute approximate surface area is 195 Å². The first-order valence-corrected chi connectivity index (χ1v) is 11.5. The smallest absolute Gasteiger partial charge is 0.338 e. The molecule has 0 radical (unpaired) electrons. The van der Waals surface area contributed by atoms with Gasteiger partial charge in [-0.25, -0.2) is 4.79 Å². The zero-order chi connectivity index (χ0) is 23.9. The first-order chi connectivity index (χ1) is 16.0. The predicted molar refractivity (Wildman–Crippen MR) is 127 cm³/mol. The number of carbonyl (C=O) groups is 3. The summed E-state index contributed by atoms with van der Waals surface area (Å²) in [6.45, 7) is 2.31. The molecule has 0 heterocycles. The van der Waals surface area contributed by atoms with E-state index in [0.29, 0.717) is 24.3 Å². The summed E-state index contributed by atoms with van der Waals surface area (Å²) in [4.78, 5) is 36.0. The van der Waals surface area contributed by atoms with Crippen LogP contribution in [0.2, 0.25) is 0 Å². The minimum Gasteiger partial charge on any atom is -0.484 e. The summed E-state index contributed by atoms with van der Waals surface area (Å²) < 4.78 is 10.8. The fraction of sp³-hybridized carbons (Fsp3) is 0.423. The van der Waals surface area contributed by atoms with Crippen molar-refractivity contribution in [3.63, 3.8) is 0 Å². The highest BCUT2D eigenvalue weighted by atomic mass is 16.5. The van der Waals surface area contributed by atoms with Crippen molar-refractivity contribution in [3.8, 4) is 5.75 Å². The van der Waals surface area contributed by atoms with Crippen LogP contribution in [0, 0.1) is 0 Å². The highest BCUT2D eigenvalue weighted by Gasteiger charge is 2.19. The second kappa shape index (κ2) is 14.7. The summed E-state index contributed by atoms with van der Waals surface area (Å²) in [5.41, 5.74) is 6.73. The van der Waals surface area contributed by atoms with E-state index in [1.165, 1.54) is 19.3 Å². The first kappa shape index (κ1) is 25.9. The van der Waals surface area contributed by atoms with E-state index >= 15 is 0 Å². The fourth-order valence-electron chi connectivity index (χ4n) is 3.28. The molecule has 0 aliphatic rings. The van der Waals surface area contributed by atoms with Crippen LogP contribution in [0.15, 0.2) is 54.6 Å². The minimum atomic E-state index is -0.827. The van der Waals surface area contributed by atoms with Crippen molar-refractivity contribution in [2.75, 3.05) is 13.2 Å². The van der Waals surface area contributed by atoms with Crippen molar-refractivity contribution in [2.24, 2.45) is 5.73 Å². The Kier molecular flexibility index (Phi) is 11.5. The number of hydrogen-bond donors (Lipinski definition) is 2. The third-order valence-electron chi connectivity index (χ3n) is 5.15. The Hall–Kier alpha value is -3.35. The molecule has 1 atom stereocenters. The first-order valence-electron chi connectivity index (χ1n) is 11.5. The van der Waals surface area contributed by atoms with Crippen molar-refractivity contribution in [3.05, 3.63) is 65.7 Å². The van der Waals surface area contributed by atoms with Gasteiger partial charge in [-0.15, -0.1) is 0 Å². The lowest BCUT2D eigenvalue weighted by atomic mass is 10.1. The summed E-state index contributed by atoms with van der Waals surface area (Å²) in [6, 6.07) is 14.9. The van der Waals surface area contributed by atoms with Gasteiger partial charge in [0.1, 0.15) is 11.8 Å². The topological polar surface area (TPSA) is 108 Å². The number of rotatable bonds is 15. The van der Waals surface area contributed by atoms with Crippen LogP contribution in [-0.4, -0.2) is 37.0 Å². The highest BCUT2D eigenvalue weighted by molar-refractivity contribution is 5.89. The largest absolute Gasteiger partial charge is 0.484 e. The Morgan fingerprint density at radius 2 is 1.58 bits per heavy atom. The van der Waals surface area contributed by atoms with Gasteiger partial charge in [0.15, 0.2) is 6.61 Å². The standard InChI is InChI=1S/C26H34N2O5/c1-2-3-4-5-6-10-17-32-26(31)21-13-15-22(16-14-21)33-19-24(29)28-23(25(27)30)18-20-11-8-7-9-12-20/h7-9,11-16,23H,2-6,10,17-19H2,1H3,(H2,27,30)(H,28,29). The van der Waals surface area contributed by atoms with Crippen LogP contribution in [0.25, 0.3) is 0 Å². The van der Waals surface area contributed by atoms with Gasteiger partial charge in [0.05, 0.1) is 12.2 Å². The van der Waals surface area contributed by atoms with Crippen molar-refractivity contribution >= 4 is 17.8 Å². The molecule has 2 aromatic rings. The van der Waals surface area contributed by atoms with Gasteiger partial charge in [0.2, 0.25) is 5.91 Å². The van der Waals surface area contributed by atoms with Crippen LogP contribution in [0.5, 0.6) is 5.75 Å². The molecule has 7 nitrogen and oxygen atoms in total. The number of nitrogens with one attached hydrogen (secondary N) is 1. The second-order valence-electron chi connectivity index (χ2n) is 7.93. The average Bonchev–Trinajstić information content (AvgIpc) is 2.82. The summed E-state index contributed by atoms with van der Waals surface area (Å²) in [5, 5.41) is 2.60. The molecule has 0 saturated heterocycles. The SMILES string of the molecule is CCCCCCCCOC(=O)c1ccc(OCC(=O)NC(Cc2ccccc2)C(N)=O)cc1. The Bertz CT molecular complexity index is 868. The normalized spacial score (nSPS) is 11.4. The highest BCUT2D eigenvalue weighted by Crippen LogP contribution is 2.13. The molecule has 33 heavy (non-hydrogen) atoms. The molecule has 7 heteroatoms. The molecule has 0 fully saturated rings. The third-order valence-corrected chi connectivity index (χ3v) is 5.15. The number of hydrogen-bond acceptors (Lipinski definition) is 5. The lowest BCUT2D eigenvalue weighted by Crippen LogP contribution is -2.47. The second-order valence-corrected chi connectivity index (χ2v) is 7.93. The Morgan fingerprint density at radius 1 is 0.909 bits per heavy atom. The van der Waals surface area contributed by atoms with Gasteiger partial charge in [-0.05, 0) is 36.2 Å². The zero-order valence-corrected chi connectivity index (χ0v) is 19.3. The number of amides is 2. The van der Waals surface area contributed by atoms with Crippen LogP contribution < -0.4 is 15.8 Å². The maximum absolute atomic E-state index is 12.2. The molecular formula is C26H34N2O5. The summed E-state index contributed by atoms with van der Waals surface area (Å²) in [7, 11) is 0. The van der Waals surface area contributed by atoms with Gasteiger partial charge >= 0.3 is 5.97 Å². The molecule has 2 rings (SSSR count). The molecule has 0 spiro atoms. The van der Waals surface area contributed by atoms with E-state index in [4.69, 9.17) is 15.2 Å². The molecule has 1 unspecified atom stereocenters. The number of unbranched alkanes of at least 4 members (excludes halogenated alkanes) is 5. The zero-order valence-electron chi connectivity index (χ0n) is 19.3. The van der Waals surface area contributed by atoms with E-state index in [9.17, 15) is 14.4 Å². The number of ether oxygens (including phenoxy) is 2. The monoisotopic (exact) mass is 454 g/mol. The van der Waals surface area contributed by atoms with Crippen LogP contribution in [-0.2, 0) is 20.7 Å². The number of esters is 1. The van der Waals surface area contributed by atoms with E-state index in [0.717, 1.165) is 24.8 Å². The van der Waals surface area contributed by atoms with Crippen LogP contribution in [0.3, 0.4) is 0 Å². The van der Waals surface area contributed by atoms with Crippen molar-refractivity contribution in [1.82, 2.24) is 5.32 Å². The average molecular weight is 455 g/mol. The van der Waals surface area contributed by atoms with Crippen LogP contribution in [0.4, 0.5) is 0 Å². The maximum Gasteiger partial charge on any atom is 0.338 e. The van der Waals surface area contributed by atoms with Gasteiger partial charge in [-0.3, -0.25) is 9.59 Å². The molecule has 2 aromatic carbocycles. The molecule has 3 N–H and O–H groups in total. The Balaban J connectivity index is 1.72. The van der Waals surface area contributed by atoms with E-state index in [-0.39, 0.29) is 12.6 Å². The van der Waals surface area contributed by atoms with Crippen molar-refractivity contribution < 1.29 is 23.9 Å². The van der Waals surface area contributed by atoms with Gasteiger partial charge in [0, 0.05) is 6.42 Å². The molecule has 0 saturated carbocycles. The molecule has 0 aromatic heterocycles. The van der Waals surface area contributed by atoms with Gasteiger partial charge in [-0.1, -0.05) is 69.4 Å². The summed E-state index contributed by atoms with van der Waals surface area (Å²) >= 11 is 0. The number of primary amides is 1. The lowest BCUT2D eigenvalue weighted by molar-refractivity contribution is -0.128. The van der Waals surface area contributed by atoms with E-state index in [2.05, 4.69) is 12.2 Å². The van der Waals surface area contributed by atoms with Crippen molar-refractivity contribution in [1.29, 1.82) is 0 Å². The fourth-order valence-corrected chi connectivity index (χ4v) is 3.28. The number of carbonyl (C=O) groups excluding carboxylic acids is 3. The molecular weight excluding hydrogens is 420 g/mol. The van der Waals surface area contributed by atoms with Gasteiger partial charge in [0.25, 0.3) is 5.91 Å². The van der Waals surface area contributed by atoms with Crippen molar-refractivity contribution in [2.45, 2.75) is 57.9 Å². The summed E-state index contributed by atoms with van der Waals surface area (Å²) in [6.07, 6.45) is 7.07. The van der Waals surface area contributed by atoms with Gasteiger partial charge < -0.3 is 20.5 Å². The van der Waals surface area contributed by atoms with Gasteiger partial charge in [-0.2, -0.15) is 0 Å². The number of benzene rings is 2. The molecule has 178 valence electrons. The van der Waals surface area contributed by atoms with E-state index < -0.39 is 17.9 Å². The predicted octanol–water partition coefficient (Wildman–Crippen LogP) is 3.80. The lowest BCUT2D eigenvalue weighted by Gasteiger charge is -2.16. The quantitative estimate of drug-likeness (QED) is 0.314. The van der Waals surface area contributed by atoms with E-state index in [1.807, 2.05) is 30.3 Å². The third kappa shape index (κ3) is 10.2. The summed E-state index contributed by atoms with van der Waals surface area (Å²) in [5.74, 6) is -1.03. The van der Waals surface area contributed by atoms with E-state index in [1.54, 1.807) is 24.3 Å². The number of nitrogens with two attached hydrogens (primary N) is 1. The molecule has 0 bridgehead atoms. The maximum atomic E-state index is 12.2. The minimum absolute atomic E-state index is 0.277. The van der Waals surface area contributed by atoms with Crippen LogP contribution >= 0.6 is 0 Å². The molecule has 0 aliphatic heterocycles. The van der Waals surface area contributed by atoms with Crippen LogP contribution in [0.1, 0.15) is 61.4 Å². The molecule has 0 aliphatic carbocycles. The molecule has 2 amide bonds.